The lowest BCUT2D eigenvalue weighted by atomic mass is 9.93. The Morgan fingerprint density at radius 1 is 1.25 bits per heavy atom. The van der Waals surface area contributed by atoms with E-state index in [1.54, 1.807) is 19.1 Å². The van der Waals surface area contributed by atoms with Crippen molar-refractivity contribution < 1.29 is 27.1 Å². The van der Waals surface area contributed by atoms with Crippen LogP contribution in [0.4, 0.5) is 4.39 Å². The standard InChI is InChI=1S/C23H31FN2O5S/c1-15(18-9-11-19(24)20(13-18)31-14-16-7-8-16)21(32(25,29)30)6-4-2-3-5-17-10-12-22(27)26-23(17)28/h2-3,9,11,13,15-17,21H,4-8,10,12,14H2,1H3,(H2,25,29,30)(H,26,27,28)/t15-,17?,21?/m1/s1. The third kappa shape index (κ3) is 6.87. The van der Waals surface area contributed by atoms with Crippen molar-refractivity contribution in [1.29, 1.82) is 0 Å². The number of ether oxygens (including phenoxy) is 1. The zero-order valence-corrected chi connectivity index (χ0v) is 19.1. The van der Waals surface area contributed by atoms with Gasteiger partial charge in [0.2, 0.25) is 21.8 Å². The van der Waals surface area contributed by atoms with Crippen molar-refractivity contribution in [3.8, 4) is 5.75 Å². The first-order valence-corrected chi connectivity index (χ1v) is 12.7. The molecule has 1 saturated heterocycles. The summed E-state index contributed by atoms with van der Waals surface area (Å²) in [6.07, 6.45) is 7.95. The summed E-state index contributed by atoms with van der Waals surface area (Å²) in [6.45, 7) is 2.23. The van der Waals surface area contributed by atoms with Crippen LogP contribution in [0.3, 0.4) is 0 Å². The molecule has 0 radical (unpaired) electrons. The van der Waals surface area contributed by atoms with E-state index < -0.39 is 27.0 Å². The van der Waals surface area contributed by atoms with Gasteiger partial charge < -0.3 is 4.74 Å². The van der Waals surface area contributed by atoms with E-state index in [1.807, 2.05) is 12.2 Å². The number of carbonyl (C=O) groups is 2. The van der Waals surface area contributed by atoms with Gasteiger partial charge in [-0.3, -0.25) is 14.9 Å². The van der Waals surface area contributed by atoms with Crippen LogP contribution in [0.1, 0.15) is 63.4 Å². The van der Waals surface area contributed by atoms with Gasteiger partial charge in [-0.1, -0.05) is 25.1 Å². The van der Waals surface area contributed by atoms with Gasteiger partial charge >= 0.3 is 0 Å². The molecule has 7 nitrogen and oxygen atoms in total. The van der Waals surface area contributed by atoms with Crippen LogP contribution in [0.25, 0.3) is 0 Å². The first-order valence-electron chi connectivity index (χ1n) is 11.1. The summed E-state index contributed by atoms with van der Waals surface area (Å²) in [4.78, 5) is 23.0. The van der Waals surface area contributed by atoms with Gasteiger partial charge in [-0.25, -0.2) is 17.9 Å². The Kier molecular flexibility index (Phi) is 8.05. The topological polar surface area (TPSA) is 116 Å². The van der Waals surface area contributed by atoms with E-state index in [0.717, 1.165) is 12.8 Å². The van der Waals surface area contributed by atoms with Crippen molar-refractivity contribution in [3.63, 3.8) is 0 Å². The lowest BCUT2D eigenvalue weighted by molar-refractivity contribution is -0.136. The molecule has 0 spiro atoms. The summed E-state index contributed by atoms with van der Waals surface area (Å²) in [5.74, 6) is -1.06. The fourth-order valence-electron chi connectivity index (χ4n) is 3.92. The number of primary sulfonamides is 1. The molecule has 32 heavy (non-hydrogen) atoms. The van der Waals surface area contributed by atoms with Crippen LogP contribution < -0.4 is 15.2 Å². The van der Waals surface area contributed by atoms with Crippen molar-refractivity contribution in [2.45, 2.75) is 63.0 Å². The molecule has 0 aromatic heterocycles. The number of carbonyl (C=O) groups excluding carboxylic acids is 2. The number of halogens is 1. The molecule has 1 saturated carbocycles. The Labute approximate surface area is 188 Å². The molecule has 3 N–H and O–H groups in total. The number of nitrogens with one attached hydrogen (secondary N) is 1. The maximum atomic E-state index is 14.1. The predicted molar refractivity (Wildman–Crippen MR) is 119 cm³/mol. The average Bonchev–Trinajstić information content (AvgIpc) is 3.54. The van der Waals surface area contributed by atoms with E-state index >= 15 is 0 Å². The Bertz CT molecular complexity index is 975. The minimum Gasteiger partial charge on any atom is -0.490 e. The van der Waals surface area contributed by atoms with E-state index in [2.05, 4.69) is 5.32 Å². The molecule has 1 aromatic rings. The van der Waals surface area contributed by atoms with Crippen LogP contribution in [0, 0.1) is 17.7 Å². The molecule has 2 amide bonds. The molecular formula is C23H31FN2O5S. The maximum absolute atomic E-state index is 14.1. The number of piperidine rings is 1. The number of sulfonamides is 1. The highest BCUT2D eigenvalue weighted by molar-refractivity contribution is 7.89. The van der Waals surface area contributed by atoms with Crippen LogP contribution in [-0.4, -0.2) is 32.1 Å². The molecule has 2 aliphatic rings. The zero-order valence-electron chi connectivity index (χ0n) is 18.3. The average molecular weight is 467 g/mol. The van der Waals surface area contributed by atoms with Crippen LogP contribution in [-0.2, 0) is 19.6 Å². The largest absolute Gasteiger partial charge is 0.490 e. The third-order valence-electron chi connectivity index (χ3n) is 6.19. The number of hydrogen-bond donors (Lipinski definition) is 2. The highest BCUT2D eigenvalue weighted by Crippen LogP contribution is 2.33. The number of benzene rings is 1. The smallest absolute Gasteiger partial charge is 0.229 e. The summed E-state index contributed by atoms with van der Waals surface area (Å²) in [6, 6.07) is 4.44. The second-order valence-corrected chi connectivity index (χ2v) is 10.6. The summed E-state index contributed by atoms with van der Waals surface area (Å²) in [7, 11) is -3.84. The van der Waals surface area contributed by atoms with E-state index in [0.29, 0.717) is 50.2 Å². The monoisotopic (exact) mass is 466 g/mol. The Hall–Kier alpha value is -2.26. The van der Waals surface area contributed by atoms with Crippen molar-refractivity contribution in [2.75, 3.05) is 6.61 Å². The van der Waals surface area contributed by atoms with Crippen molar-refractivity contribution in [3.05, 3.63) is 41.7 Å². The van der Waals surface area contributed by atoms with Gasteiger partial charge in [-0.05, 0) is 68.1 Å². The molecule has 2 unspecified atom stereocenters. The fraction of sp³-hybridized carbons (Fsp3) is 0.565. The van der Waals surface area contributed by atoms with E-state index in [9.17, 15) is 22.4 Å². The number of amides is 2. The molecule has 1 heterocycles. The van der Waals surface area contributed by atoms with E-state index in [-0.39, 0.29) is 23.5 Å². The Balaban J connectivity index is 1.59. The molecule has 3 rings (SSSR count). The van der Waals surface area contributed by atoms with Crippen LogP contribution in [0.15, 0.2) is 30.4 Å². The summed E-state index contributed by atoms with van der Waals surface area (Å²) in [5, 5.41) is 6.99. The fourth-order valence-corrected chi connectivity index (χ4v) is 5.11. The Morgan fingerprint density at radius 3 is 2.66 bits per heavy atom. The highest BCUT2D eigenvalue weighted by Gasteiger charge is 2.30. The van der Waals surface area contributed by atoms with Gasteiger partial charge in [0.05, 0.1) is 11.9 Å². The van der Waals surface area contributed by atoms with Gasteiger partial charge in [0.15, 0.2) is 11.6 Å². The number of nitrogens with two attached hydrogens (primary N) is 1. The molecule has 0 bridgehead atoms. The molecular weight excluding hydrogens is 435 g/mol. The van der Waals surface area contributed by atoms with Gasteiger partial charge in [-0.2, -0.15) is 0 Å². The van der Waals surface area contributed by atoms with Gasteiger partial charge in [0.25, 0.3) is 0 Å². The third-order valence-corrected chi connectivity index (χ3v) is 7.68. The van der Waals surface area contributed by atoms with Crippen molar-refractivity contribution >= 4 is 21.8 Å². The lowest BCUT2D eigenvalue weighted by Crippen LogP contribution is -2.40. The number of imide groups is 1. The second-order valence-electron chi connectivity index (χ2n) is 8.79. The lowest BCUT2D eigenvalue weighted by Gasteiger charge is -2.23. The first-order chi connectivity index (χ1) is 15.1. The number of hydrogen-bond acceptors (Lipinski definition) is 5. The molecule has 1 aliphatic carbocycles. The second kappa shape index (κ2) is 10.6. The zero-order chi connectivity index (χ0) is 23.3. The normalized spacial score (nSPS) is 21.4. The molecule has 2 fully saturated rings. The minimum absolute atomic E-state index is 0.138. The maximum Gasteiger partial charge on any atom is 0.229 e. The predicted octanol–water partition coefficient (Wildman–Crippen LogP) is 3.15. The minimum atomic E-state index is -3.84. The molecule has 1 aliphatic heterocycles. The Morgan fingerprint density at radius 2 is 2.00 bits per heavy atom. The van der Waals surface area contributed by atoms with E-state index in [4.69, 9.17) is 9.88 Å². The van der Waals surface area contributed by atoms with Crippen molar-refractivity contribution in [1.82, 2.24) is 5.32 Å². The SMILES string of the molecule is C[C@H](c1ccc(F)c(OCC2CC2)c1)C(CCC=CCC1CCC(=O)NC1=O)S(N)(=O)=O. The number of rotatable bonds is 11. The van der Waals surface area contributed by atoms with Gasteiger partial charge in [-0.15, -0.1) is 0 Å². The van der Waals surface area contributed by atoms with Gasteiger partial charge in [0, 0.05) is 12.3 Å². The van der Waals surface area contributed by atoms with Crippen LogP contribution >= 0.6 is 0 Å². The van der Waals surface area contributed by atoms with E-state index in [1.165, 1.54) is 6.07 Å². The summed E-state index contributed by atoms with van der Waals surface area (Å²) < 4.78 is 44.2. The first kappa shape index (κ1) is 24.4. The van der Waals surface area contributed by atoms with Crippen LogP contribution in [0.2, 0.25) is 0 Å². The van der Waals surface area contributed by atoms with Crippen molar-refractivity contribution in [2.24, 2.45) is 17.0 Å². The summed E-state index contributed by atoms with van der Waals surface area (Å²) >= 11 is 0. The molecule has 3 atom stereocenters. The highest BCUT2D eigenvalue weighted by atomic mass is 32.2. The quantitative estimate of drug-likeness (QED) is 0.384. The molecule has 9 heteroatoms. The molecule has 176 valence electrons. The van der Waals surface area contributed by atoms with Crippen LogP contribution in [0.5, 0.6) is 5.75 Å². The number of allylic oxidation sites excluding steroid dienone is 2. The molecule has 1 aromatic carbocycles. The van der Waals surface area contributed by atoms with Gasteiger partial charge in [0.1, 0.15) is 0 Å². The summed E-state index contributed by atoms with van der Waals surface area (Å²) in [5.41, 5.74) is 0.656.